The summed E-state index contributed by atoms with van der Waals surface area (Å²) in [4.78, 5) is 0. The number of hydrogen-bond acceptors (Lipinski definition) is 4. The monoisotopic (exact) mass is 147 g/mol. The largest absolute Gasteiger partial charge is 0.388 e. The molecular formula is C6H13NO3. The number of aliphatic hydroxyl groups excluding tert-OH is 1. The summed E-state index contributed by atoms with van der Waals surface area (Å²) in [6.07, 6.45) is -0.597. The minimum absolute atomic E-state index is 0.112. The minimum Gasteiger partial charge on any atom is -0.388 e. The highest BCUT2D eigenvalue weighted by molar-refractivity contribution is 4.71. The molecule has 10 heavy (non-hydrogen) atoms. The van der Waals surface area contributed by atoms with Crippen LogP contribution in [0.15, 0.2) is 0 Å². The summed E-state index contributed by atoms with van der Waals surface area (Å²) in [7, 11) is 1.82. The second-order valence-electron chi connectivity index (χ2n) is 2.32. The van der Waals surface area contributed by atoms with E-state index in [9.17, 15) is 5.11 Å². The normalized spacial score (nSPS) is 34.2. The maximum atomic E-state index is 9.21. The summed E-state index contributed by atoms with van der Waals surface area (Å²) in [5.41, 5.74) is 0. The van der Waals surface area contributed by atoms with E-state index < -0.39 is 6.10 Å². The number of rotatable bonds is 2. The van der Waals surface area contributed by atoms with Gasteiger partial charge in [0.05, 0.1) is 6.61 Å². The van der Waals surface area contributed by atoms with E-state index in [4.69, 9.17) is 9.47 Å². The summed E-state index contributed by atoms with van der Waals surface area (Å²) >= 11 is 0. The molecule has 1 rings (SSSR count). The predicted molar refractivity (Wildman–Crippen MR) is 35.6 cm³/mol. The van der Waals surface area contributed by atoms with Crippen LogP contribution in [-0.4, -0.2) is 44.3 Å². The van der Waals surface area contributed by atoms with E-state index in [1.807, 2.05) is 7.05 Å². The first-order valence-corrected chi connectivity index (χ1v) is 3.36. The molecule has 0 bridgehead atoms. The van der Waals surface area contributed by atoms with Crippen molar-refractivity contribution in [2.24, 2.45) is 0 Å². The molecule has 1 aliphatic heterocycles. The van der Waals surface area contributed by atoms with Gasteiger partial charge in [0.25, 0.3) is 0 Å². The molecular weight excluding hydrogens is 134 g/mol. The van der Waals surface area contributed by atoms with Crippen molar-refractivity contribution in [3.05, 3.63) is 0 Å². The van der Waals surface area contributed by atoms with Crippen LogP contribution >= 0.6 is 0 Å². The molecule has 60 valence electrons. The lowest BCUT2D eigenvalue weighted by Gasteiger charge is -2.27. The number of aliphatic hydroxyl groups is 1. The molecule has 0 aliphatic carbocycles. The Hall–Kier alpha value is -0.160. The minimum atomic E-state index is -0.485. The van der Waals surface area contributed by atoms with E-state index >= 15 is 0 Å². The molecule has 2 unspecified atom stereocenters. The first kappa shape index (κ1) is 7.94. The van der Waals surface area contributed by atoms with Crippen molar-refractivity contribution < 1.29 is 14.6 Å². The molecule has 0 saturated carbocycles. The molecule has 4 nitrogen and oxygen atoms in total. The summed E-state index contributed by atoms with van der Waals surface area (Å²) in [6, 6.07) is 0. The molecule has 4 heteroatoms. The molecule has 2 N–H and O–H groups in total. The van der Waals surface area contributed by atoms with Gasteiger partial charge in [0, 0.05) is 6.54 Å². The Morgan fingerprint density at radius 2 is 2.50 bits per heavy atom. The molecule has 1 aliphatic rings. The number of nitrogens with one attached hydrogen (secondary N) is 1. The zero-order valence-electron chi connectivity index (χ0n) is 6.04. The SMILES string of the molecule is CNCC1OCOCC1O. The zero-order valence-corrected chi connectivity index (χ0v) is 6.04. The van der Waals surface area contributed by atoms with Gasteiger partial charge < -0.3 is 19.9 Å². The van der Waals surface area contributed by atoms with E-state index in [1.165, 1.54) is 0 Å². The molecule has 0 aromatic heterocycles. The van der Waals surface area contributed by atoms with Crippen molar-refractivity contribution in [1.29, 1.82) is 0 Å². The molecule has 0 spiro atoms. The third kappa shape index (κ3) is 1.91. The fourth-order valence-corrected chi connectivity index (χ4v) is 0.919. The van der Waals surface area contributed by atoms with Crippen molar-refractivity contribution in [1.82, 2.24) is 5.32 Å². The Morgan fingerprint density at radius 1 is 1.70 bits per heavy atom. The van der Waals surface area contributed by atoms with Crippen molar-refractivity contribution in [2.75, 3.05) is 27.0 Å². The Bertz CT molecular complexity index is 97.0. The maximum absolute atomic E-state index is 9.21. The highest BCUT2D eigenvalue weighted by Gasteiger charge is 2.23. The van der Waals surface area contributed by atoms with Crippen LogP contribution in [0, 0.1) is 0 Å². The highest BCUT2D eigenvalue weighted by atomic mass is 16.7. The van der Waals surface area contributed by atoms with E-state index in [0.29, 0.717) is 19.9 Å². The second kappa shape index (κ2) is 3.88. The molecule has 2 atom stereocenters. The van der Waals surface area contributed by atoms with Gasteiger partial charge in [-0.25, -0.2) is 0 Å². The van der Waals surface area contributed by atoms with Crippen LogP contribution in [0.3, 0.4) is 0 Å². The predicted octanol–water partition coefficient (Wildman–Crippen LogP) is -1.06. The van der Waals surface area contributed by atoms with Gasteiger partial charge in [-0.3, -0.25) is 0 Å². The van der Waals surface area contributed by atoms with Crippen LogP contribution in [0.4, 0.5) is 0 Å². The van der Waals surface area contributed by atoms with Crippen LogP contribution in [0.1, 0.15) is 0 Å². The number of hydrogen-bond donors (Lipinski definition) is 2. The Labute approximate surface area is 60.1 Å². The van der Waals surface area contributed by atoms with Crippen molar-refractivity contribution in [3.63, 3.8) is 0 Å². The average Bonchev–Trinajstić information content (AvgIpc) is 1.94. The molecule has 0 aromatic rings. The zero-order chi connectivity index (χ0) is 7.40. The molecule has 1 fully saturated rings. The van der Waals surface area contributed by atoms with Gasteiger partial charge in [-0.15, -0.1) is 0 Å². The van der Waals surface area contributed by atoms with Gasteiger partial charge in [-0.1, -0.05) is 0 Å². The first-order valence-electron chi connectivity index (χ1n) is 3.36. The Kier molecular flexibility index (Phi) is 3.08. The summed E-state index contributed by atoms with van der Waals surface area (Å²) in [5.74, 6) is 0. The lowest BCUT2D eigenvalue weighted by atomic mass is 10.2. The van der Waals surface area contributed by atoms with Crippen molar-refractivity contribution in [2.45, 2.75) is 12.2 Å². The second-order valence-corrected chi connectivity index (χ2v) is 2.32. The first-order chi connectivity index (χ1) is 4.84. The highest BCUT2D eigenvalue weighted by Crippen LogP contribution is 2.05. The van der Waals surface area contributed by atoms with Crippen molar-refractivity contribution in [3.8, 4) is 0 Å². The van der Waals surface area contributed by atoms with E-state index in [1.54, 1.807) is 0 Å². The number of ether oxygens (including phenoxy) is 2. The quantitative estimate of drug-likeness (QED) is 0.522. The summed E-state index contributed by atoms with van der Waals surface area (Å²) in [5, 5.41) is 12.1. The molecule has 1 heterocycles. The summed E-state index contributed by atoms with van der Waals surface area (Å²) < 4.78 is 9.95. The van der Waals surface area contributed by atoms with E-state index in [-0.39, 0.29) is 6.10 Å². The van der Waals surface area contributed by atoms with E-state index in [2.05, 4.69) is 5.32 Å². The lowest BCUT2D eigenvalue weighted by molar-refractivity contribution is -0.191. The van der Waals surface area contributed by atoms with Gasteiger partial charge in [-0.05, 0) is 7.05 Å². The number of likely N-dealkylation sites (N-methyl/N-ethyl adjacent to an activating group) is 1. The van der Waals surface area contributed by atoms with Crippen LogP contribution < -0.4 is 5.32 Å². The van der Waals surface area contributed by atoms with Crippen LogP contribution in [0.2, 0.25) is 0 Å². The summed E-state index contributed by atoms with van der Waals surface area (Å²) in [6.45, 7) is 1.35. The van der Waals surface area contributed by atoms with Crippen LogP contribution in [0.5, 0.6) is 0 Å². The molecule has 0 radical (unpaired) electrons. The average molecular weight is 147 g/mol. The Morgan fingerprint density at radius 3 is 3.10 bits per heavy atom. The van der Waals surface area contributed by atoms with Crippen LogP contribution in [-0.2, 0) is 9.47 Å². The standard InChI is InChI=1S/C6H13NO3/c1-7-2-6-5(8)3-9-4-10-6/h5-8H,2-4H2,1H3. The van der Waals surface area contributed by atoms with E-state index in [0.717, 1.165) is 0 Å². The smallest absolute Gasteiger partial charge is 0.147 e. The fraction of sp³-hybridized carbons (Fsp3) is 1.00. The van der Waals surface area contributed by atoms with Crippen LogP contribution in [0.25, 0.3) is 0 Å². The lowest BCUT2D eigenvalue weighted by Crippen LogP contribution is -2.44. The van der Waals surface area contributed by atoms with Crippen molar-refractivity contribution >= 4 is 0 Å². The third-order valence-electron chi connectivity index (χ3n) is 1.49. The van der Waals surface area contributed by atoms with Gasteiger partial charge in [0.2, 0.25) is 0 Å². The molecule has 0 amide bonds. The van der Waals surface area contributed by atoms with Gasteiger partial charge in [-0.2, -0.15) is 0 Å². The third-order valence-corrected chi connectivity index (χ3v) is 1.49. The fourth-order valence-electron chi connectivity index (χ4n) is 0.919. The molecule has 1 saturated heterocycles. The van der Waals surface area contributed by atoms with Gasteiger partial charge >= 0.3 is 0 Å². The topological polar surface area (TPSA) is 50.7 Å². The molecule has 0 aromatic carbocycles. The van der Waals surface area contributed by atoms with Gasteiger partial charge in [0.1, 0.15) is 19.0 Å². The maximum Gasteiger partial charge on any atom is 0.147 e. The van der Waals surface area contributed by atoms with Gasteiger partial charge in [0.15, 0.2) is 0 Å². The Balaban J connectivity index is 2.25.